The number of esters is 1. The van der Waals surface area contributed by atoms with Gasteiger partial charge in [-0.1, -0.05) is 12.1 Å². The summed E-state index contributed by atoms with van der Waals surface area (Å²) in [5.41, 5.74) is 2.04. The highest BCUT2D eigenvalue weighted by atomic mass is 16.5. The molecular weight excluding hydrogens is 242 g/mol. The Kier molecular flexibility index (Phi) is 3.69. The van der Waals surface area contributed by atoms with Crippen molar-refractivity contribution in [2.45, 2.75) is 13.3 Å². The summed E-state index contributed by atoms with van der Waals surface area (Å²) in [6.45, 7) is 6.18. The molecule has 1 saturated heterocycles. The zero-order valence-corrected chi connectivity index (χ0v) is 11.2. The van der Waals surface area contributed by atoms with Gasteiger partial charge in [0.15, 0.2) is 0 Å². The highest BCUT2D eigenvalue weighted by molar-refractivity contribution is 5.99. The second-order valence-corrected chi connectivity index (χ2v) is 4.65. The highest BCUT2D eigenvalue weighted by Gasteiger charge is 2.30. The van der Waals surface area contributed by atoms with E-state index >= 15 is 0 Å². The van der Waals surface area contributed by atoms with Gasteiger partial charge in [-0.2, -0.15) is 0 Å². The summed E-state index contributed by atoms with van der Waals surface area (Å²) in [4.78, 5) is 25.4. The lowest BCUT2D eigenvalue weighted by molar-refractivity contribution is -0.117. The predicted octanol–water partition coefficient (Wildman–Crippen LogP) is 2.32. The molecule has 1 unspecified atom stereocenters. The van der Waals surface area contributed by atoms with Gasteiger partial charge in [-0.15, -0.1) is 6.58 Å². The molecule has 0 N–H and O–H groups in total. The molecule has 1 aromatic carbocycles. The Morgan fingerprint density at radius 2 is 2.26 bits per heavy atom. The van der Waals surface area contributed by atoms with E-state index in [-0.39, 0.29) is 17.8 Å². The lowest BCUT2D eigenvalue weighted by Crippen LogP contribution is -2.25. The minimum atomic E-state index is -0.383. The molecule has 4 heteroatoms. The zero-order chi connectivity index (χ0) is 14.0. The Morgan fingerprint density at radius 1 is 1.53 bits per heavy atom. The van der Waals surface area contributed by atoms with Gasteiger partial charge < -0.3 is 9.64 Å². The van der Waals surface area contributed by atoms with Crippen LogP contribution in [0.25, 0.3) is 0 Å². The fraction of sp³-hybridized carbons (Fsp3) is 0.333. The molecule has 19 heavy (non-hydrogen) atoms. The quantitative estimate of drug-likeness (QED) is 0.618. The Morgan fingerprint density at radius 3 is 2.84 bits per heavy atom. The molecule has 1 atom stereocenters. The number of anilines is 1. The van der Waals surface area contributed by atoms with Crippen LogP contribution < -0.4 is 4.90 Å². The molecule has 1 aliphatic heterocycles. The molecule has 4 nitrogen and oxygen atoms in total. The maximum absolute atomic E-state index is 12.0. The smallest absolute Gasteiger partial charge is 0.338 e. The van der Waals surface area contributed by atoms with Gasteiger partial charge in [0, 0.05) is 24.6 Å². The van der Waals surface area contributed by atoms with E-state index in [1.54, 1.807) is 23.1 Å². The maximum Gasteiger partial charge on any atom is 0.338 e. The van der Waals surface area contributed by atoms with Crippen molar-refractivity contribution in [3.8, 4) is 0 Å². The van der Waals surface area contributed by atoms with Crippen molar-refractivity contribution in [1.29, 1.82) is 0 Å². The van der Waals surface area contributed by atoms with Crippen molar-refractivity contribution in [2.75, 3.05) is 18.6 Å². The summed E-state index contributed by atoms with van der Waals surface area (Å²) in [7, 11) is 1.35. The van der Waals surface area contributed by atoms with Gasteiger partial charge in [0.1, 0.15) is 0 Å². The number of amides is 1. The van der Waals surface area contributed by atoms with Crippen LogP contribution >= 0.6 is 0 Å². The average Bonchev–Trinajstić information content (AvgIpc) is 2.79. The van der Waals surface area contributed by atoms with E-state index in [0.29, 0.717) is 18.5 Å². The van der Waals surface area contributed by atoms with E-state index < -0.39 is 0 Å². The summed E-state index contributed by atoms with van der Waals surface area (Å²) in [5.74, 6) is -0.144. The van der Waals surface area contributed by atoms with Crippen molar-refractivity contribution in [3.63, 3.8) is 0 Å². The Hall–Kier alpha value is -2.10. The fourth-order valence-corrected chi connectivity index (χ4v) is 2.37. The number of benzene rings is 1. The largest absolute Gasteiger partial charge is 0.465 e. The van der Waals surface area contributed by atoms with Crippen LogP contribution in [0.3, 0.4) is 0 Å². The normalized spacial score (nSPS) is 18.5. The lowest BCUT2D eigenvalue weighted by Gasteiger charge is -2.20. The van der Waals surface area contributed by atoms with Crippen molar-refractivity contribution in [1.82, 2.24) is 0 Å². The third kappa shape index (κ3) is 2.38. The predicted molar refractivity (Wildman–Crippen MR) is 73.2 cm³/mol. The molecule has 1 aliphatic rings. The first-order valence-electron chi connectivity index (χ1n) is 6.19. The number of methoxy groups -OCH3 is 1. The molecular formula is C15H17NO3. The second-order valence-electron chi connectivity index (χ2n) is 4.65. The number of nitrogens with zero attached hydrogens (tertiary/aromatic N) is 1. The fourth-order valence-electron chi connectivity index (χ4n) is 2.37. The van der Waals surface area contributed by atoms with Crippen LogP contribution in [0.15, 0.2) is 30.9 Å². The van der Waals surface area contributed by atoms with E-state index in [2.05, 4.69) is 6.58 Å². The summed E-state index contributed by atoms with van der Waals surface area (Å²) >= 11 is 0. The second kappa shape index (κ2) is 5.26. The SMILES string of the molecule is C=CC1CC(=O)N(c2cccc(C(=O)OC)c2C)C1. The van der Waals surface area contributed by atoms with E-state index in [1.807, 2.05) is 13.0 Å². The Bertz CT molecular complexity index is 536. The number of rotatable bonds is 3. The lowest BCUT2D eigenvalue weighted by atomic mass is 10.1. The first kappa shape index (κ1) is 13.3. The molecule has 1 aromatic rings. The van der Waals surface area contributed by atoms with Crippen LogP contribution in [0.5, 0.6) is 0 Å². The number of ether oxygens (including phenoxy) is 1. The molecule has 0 bridgehead atoms. The number of hydrogen-bond donors (Lipinski definition) is 0. The number of hydrogen-bond acceptors (Lipinski definition) is 3. The van der Waals surface area contributed by atoms with Gasteiger partial charge in [-0.25, -0.2) is 4.79 Å². The van der Waals surface area contributed by atoms with E-state index in [4.69, 9.17) is 4.74 Å². The van der Waals surface area contributed by atoms with Crippen LogP contribution in [0.2, 0.25) is 0 Å². The summed E-state index contributed by atoms with van der Waals surface area (Å²) in [5, 5.41) is 0. The molecule has 0 aliphatic carbocycles. The molecule has 0 aromatic heterocycles. The van der Waals surface area contributed by atoms with Crippen molar-refractivity contribution >= 4 is 17.6 Å². The minimum absolute atomic E-state index is 0.0648. The first-order valence-corrected chi connectivity index (χ1v) is 6.19. The van der Waals surface area contributed by atoms with E-state index in [1.165, 1.54) is 7.11 Å². The van der Waals surface area contributed by atoms with Gasteiger partial charge in [-0.05, 0) is 24.6 Å². The number of carbonyl (C=O) groups is 2. The van der Waals surface area contributed by atoms with Crippen LogP contribution in [-0.4, -0.2) is 25.5 Å². The standard InChI is InChI=1S/C15H17NO3/c1-4-11-8-14(17)16(9-11)13-7-5-6-12(10(13)2)15(18)19-3/h4-7,11H,1,8-9H2,2-3H3. The molecule has 0 spiro atoms. The van der Waals surface area contributed by atoms with Crippen molar-refractivity contribution < 1.29 is 14.3 Å². The van der Waals surface area contributed by atoms with E-state index in [9.17, 15) is 9.59 Å². The molecule has 1 amide bonds. The topological polar surface area (TPSA) is 46.6 Å². The van der Waals surface area contributed by atoms with Gasteiger partial charge >= 0.3 is 5.97 Å². The maximum atomic E-state index is 12.0. The van der Waals surface area contributed by atoms with E-state index in [0.717, 1.165) is 11.3 Å². The van der Waals surface area contributed by atoms with Crippen LogP contribution in [0.1, 0.15) is 22.3 Å². The van der Waals surface area contributed by atoms with Gasteiger partial charge in [0.05, 0.1) is 12.7 Å². The zero-order valence-electron chi connectivity index (χ0n) is 11.2. The van der Waals surface area contributed by atoms with Gasteiger partial charge in [0.25, 0.3) is 0 Å². The Labute approximate surface area is 112 Å². The molecule has 1 fully saturated rings. The Balaban J connectivity index is 2.38. The highest BCUT2D eigenvalue weighted by Crippen LogP contribution is 2.30. The van der Waals surface area contributed by atoms with Crippen LogP contribution in [0, 0.1) is 12.8 Å². The monoisotopic (exact) mass is 259 g/mol. The summed E-state index contributed by atoms with van der Waals surface area (Å²) in [6.07, 6.45) is 2.28. The summed E-state index contributed by atoms with van der Waals surface area (Å²) < 4.78 is 4.75. The summed E-state index contributed by atoms with van der Waals surface area (Å²) in [6, 6.07) is 5.32. The molecule has 100 valence electrons. The molecule has 1 heterocycles. The van der Waals surface area contributed by atoms with Crippen molar-refractivity contribution in [2.24, 2.45) is 5.92 Å². The van der Waals surface area contributed by atoms with Gasteiger partial charge in [0.2, 0.25) is 5.91 Å². The van der Waals surface area contributed by atoms with Crippen LogP contribution in [0.4, 0.5) is 5.69 Å². The minimum Gasteiger partial charge on any atom is -0.465 e. The molecule has 0 saturated carbocycles. The van der Waals surface area contributed by atoms with Crippen LogP contribution in [-0.2, 0) is 9.53 Å². The van der Waals surface area contributed by atoms with Gasteiger partial charge in [-0.3, -0.25) is 4.79 Å². The van der Waals surface area contributed by atoms with Crippen molar-refractivity contribution in [3.05, 3.63) is 42.0 Å². The third-order valence-electron chi connectivity index (χ3n) is 3.49. The first-order chi connectivity index (χ1) is 9.08. The molecule has 0 radical (unpaired) electrons. The molecule has 2 rings (SSSR count). The average molecular weight is 259 g/mol. The third-order valence-corrected chi connectivity index (χ3v) is 3.49. The number of carbonyl (C=O) groups excluding carboxylic acids is 2.